The lowest BCUT2D eigenvalue weighted by atomic mass is 10.1. The van der Waals surface area contributed by atoms with Gasteiger partial charge in [-0.15, -0.1) is 0 Å². The molecular weight excluding hydrogens is 276 g/mol. The van der Waals surface area contributed by atoms with Gasteiger partial charge in [-0.05, 0) is 12.5 Å². The summed E-state index contributed by atoms with van der Waals surface area (Å²) >= 11 is 0. The third kappa shape index (κ3) is 3.10. The number of anilines is 1. The Kier molecular flexibility index (Phi) is 4.36. The van der Waals surface area contributed by atoms with Crippen molar-refractivity contribution in [1.29, 1.82) is 0 Å². The average molecular weight is 292 g/mol. The molecule has 21 heavy (non-hydrogen) atoms. The Morgan fingerprint density at radius 1 is 1.48 bits per heavy atom. The fourth-order valence-corrected chi connectivity index (χ4v) is 2.28. The number of rotatable bonds is 3. The molecule has 1 aromatic carbocycles. The second-order valence-electron chi connectivity index (χ2n) is 4.64. The van der Waals surface area contributed by atoms with Gasteiger partial charge < -0.3 is 15.5 Å². The van der Waals surface area contributed by atoms with Crippen LogP contribution in [-0.2, 0) is 4.79 Å². The van der Waals surface area contributed by atoms with Crippen molar-refractivity contribution in [3.63, 3.8) is 0 Å². The molecule has 0 bridgehead atoms. The van der Waals surface area contributed by atoms with Crippen LogP contribution in [0, 0.1) is 10.1 Å². The van der Waals surface area contributed by atoms with Gasteiger partial charge in [-0.3, -0.25) is 19.7 Å². The molecule has 1 aromatic rings. The van der Waals surface area contributed by atoms with Gasteiger partial charge >= 0.3 is 0 Å². The molecule has 0 unspecified atom stereocenters. The first-order valence-electron chi connectivity index (χ1n) is 6.55. The van der Waals surface area contributed by atoms with Crippen molar-refractivity contribution < 1.29 is 14.5 Å². The van der Waals surface area contributed by atoms with E-state index in [4.69, 9.17) is 0 Å². The summed E-state index contributed by atoms with van der Waals surface area (Å²) in [6.45, 7) is 0.921. The predicted molar refractivity (Wildman–Crippen MR) is 76.2 cm³/mol. The second-order valence-corrected chi connectivity index (χ2v) is 4.64. The number of nitrogens with zero attached hydrogens (tertiary/aromatic N) is 2. The van der Waals surface area contributed by atoms with E-state index in [0.717, 1.165) is 0 Å². The average Bonchev–Trinajstić information content (AvgIpc) is 2.70. The summed E-state index contributed by atoms with van der Waals surface area (Å²) in [6.07, 6.45) is 0.654. The number of nitro groups is 1. The highest BCUT2D eigenvalue weighted by molar-refractivity contribution is 6.03. The molecule has 1 aliphatic heterocycles. The highest BCUT2D eigenvalue weighted by Gasteiger charge is 2.26. The van der Waals surface area contributed by atoms with E-state index in [-0.39, 0.29) is 35.3 Å². The fraction of sp³-hybridized carbons (Fsp3) is 0.385. The molecule has 112 valence electrons. The van der Waals surface area contributed by atoms with E-state index in [9.17, 15) is 19.7 Å². The van der Waals surface area contributed by atoms with Crippen LogP contribution in [0.3, 0.4) is 0 Å². The van der Waals surface area contributed by atoms with Crippen LogP contribution >= 0.6 is 0 Å². The van der Waals surface area contributed by atoms with Crippen LogP contribution in [0.15, 0.2) is 18.2 Å². The van der Waals surface area contributed by atoms with Crippen LogP contribution < -0.4 is 10.6 Å². The van der Waals surface area contributed by atoms with Crippen molar-refractivity contribution in [3.8, 4) is 0 Å². The predicted octanol–water partition coefficient (Wildman–Crippen LogP) is 0.599. The van der Waals surface area contributed by atoms with Gasteiger partial charge in [-0.1, -0.05) is 6.07 Å². The molecule has 1 saturated heterocycles. The Hall–Kier alpha value is -2.64. The van der Waals surface area contributed by atoms with E-state index in [1.165, 1.54) is 30.1 Å². The molecule has 8 heteroatoms. The quantitative estimate of drug-likeness (QED) is 0.627. The number of nitrogens with one attached hydrogen (secondary N) is 2. The molecule has 0 radical (unpaired) electrons. The second kappa shape index (κ2) is 6.21. The van der Waals surface area contributed by atoms with Crippen LogP contribution in [0.5, 0.6) is 0 Å². The van der Waals surface area contributed by atoms with E-state index in [1.54, 1.807) is 0 Å². The third-order valence-corrected chi connectivity index (χ3v) is 3.27. The maximum absolute atomic E-state index is 12.5. The largest absolute Gasteiger partial charge is 0.382 e. The van der Waals surface area contributed by atoms with Crippen molar-refractivity contribution >= 4 is 23.2 Å². The lowest BCUT2D eigenvalue weighted by molar-refractivity contribution is -0.384. The summed E-state index contributed by atoms with van der Waals surface area (Å²) in [5, 5.41) is 16.4. The number of benzene rings is 1. The van der Waals surface area contributed by atoms with Crippen molar-refractivity contribution in [1.82, 2.24) is 10.2 Å². The van der Waals surface area contributed by atoms with Crippen LogP contribution in [0.4, 0.5) is 11.4 Å². The minimum absolute atomic E-state index is 0.0370. The van der Waals surface area contributed by atoms with Crippen molar-refractivity contribution in [2.24, 2.45) is 0 Å². The van der Waals surface area contributed by atoms with Crippen molar-refractivity contribution in [2.45, 2.75) is 6.42 Å². The van der Waals surface area contributed by atoms with Crippen LogP contribution in [0.2, 0.25) is 0 Å². The SMILES string of the molecule is CNc1c(C(=O)N2CCCNC(=O)C2)cccc1[N+](=O)[O-]. The van der Waals surface area contributed by atoms with E-state index >= 15 is 0 Å². The maximum Gasteiger partial charge on any atom is 0.293 e. The molecule has 1 heterocycles. The van der Waals surface area contributed by atoms with Gasteiger partial charge in [0, 0.05) is 26.2 Å². The Morgan fingerprint density at radius 2 is 2.24 bits per heavy atom. The summed E-state index contributed by atoms with van der Waals surface area (Å²) in [7, 11) is 1.52. The van der Waals surface area contributed by atoms with E-state index < -0.39 is 4.92 Å². The molecule has 2 rings (SSSR count). The number of carbonyl (C=O) groups is 2. The van der Waals surface area contributed by atoms with Gasteiger partial charge in [-0.2, -0.15) is 0 Å². The normalized spacial score (nSPS) is 15.1. The number of para-hydroxylation sites is 1. The van der Waals surface area contributed by atoms with Gasteiger partial charge in [0.05, 0.1) is 17.0 Å². The first-order chi connectivity index (χ1) is 10.0. The Bertz CT molecular complexity index is 588. The monoisotopic (exact) mass is 292 g/mol. The molecule has 1 aliphatic rings. The molecule has 0 saturated carbocycles. The molecule has 0 atom stereocenters. The molecule has 8 nitrogen and oxygen atoms in total. The van der Waals surface area contributed by atoms with E-state index in [2.05, 4.69) is 10.6 Å². The molecule has 0 aromatic heterocycles. The number of hydrogen-bond donors (Lipinski definition) is 2. The Morgan fingerprint density at radius 3 is 2.90 bits per heavy atom. The zero-order chi connectivity index (χ0) is 15.4. The lowest BCUT2D eigenvalue weighted by Gasteiger charge is -2.20. The van der Waals surface area contributed by atoms with Crippen LogP contribution in [0.25, 0.3) is 0 Å². The number of nitro benzene ring substituents is 1. The third-order valence-electron chi connectivity index (χ3n) is 3.27. The standard InChI is InChI=1S/C13H16N4O4/c1-14-12-9(4-2-5-10(12)17(20)21)13(19)16-7-3-6-15-11(18)8-16/h2,4-5,14H,3,6-8H2,1H3,(H,15,18). The van der Waals surface area contributed by atoms with Crippen LogP contribution in [-0.4, -0.2) is 48.3 Å². The molecule has 0 aliphatic carbocycles. The summed E-state index contributed by atoms with van der Waals surface area (Å²) in [5.41, 5.74) is 0.196. The highest BCUT2D eigenvalue weighted by atomic mass is 16.6. The van der Waals surface area contributed by atoms with Gasteiger partial charge in [0.1, 0.15) is 5.69 Å². The maximum atomic E-state index is 12.5. The van der Waals surface area contributed by atoms with Gasteiger partial charge in [0.15, 0.2) is 0 Å². The van der Waals surface area contributed by atoms with E-state index in [1.807, 2.05) is 0 Å². The highest BCUT2D eigenvalue weighted by Crippen LogP contribution is 2.28. The van der Waals surface area contributed by atoms with Gasteiger partial charge in [0.25, 0.3) is 11.6 Å². The summed E-state index contributed by atoms with van der Waals surface area (Å²) in [5.74, 6) is -0.614. The summed E-state index contributed by atoms with van der Waals surface area (Å²) in [4.78, 5) is 35.9. The van der Waals surface area contributed by atoms with Crippen molar-refractivity contribution in [2.75, 3.05) is 32.0 Å². The number of amides is 2. The zero-order valence-corrected chi connectivity index (χ0v) is 11.6. The number of carbonyl (C=O) groups excluding carboxylic acids is 2. The summed E-state index contributed by atoms with van der Waals surface area (Å²) < 4.78 is 0. The molecular formula is C13H16N4O4. The molecule has 0 spiro atoms. The van der Waals surface area contributed by atoms with E-state index in [0.29, 0.717) is 19.5 Å². The fourth-order valence-electron chi connectivity index (χ4n) is 2.28. The van der Waals surface area contributed by atoms with Crippen molar-refractivity contribution in [3.05, 3.63) is 33.9 Å². The van der Waals surface area contributed by atoms with Gasteiger partial charge in [0.2, 0.25) is 5.91 Å². The minimum atomic E-state index is -0.544. The molecule has 2 N–H and O–H groups in total. The first-order valence-corrected chi connectivity index (χ1v) is 6.55. The van der Waals surface area contributed by atoms with Crippen LogP contribution in [0.1, 0.15) is 16.8 Å². The molecule has 2 amide bonds. The van der Waals surface area contributed by atoms with Gasteiger partial charge in [-0.25, -0.2) is 0 Å². The Balaban J connectivity index is 2.36. The zero-order valence-electron chi connectivity index (χ0n) is 11.6. The Labute approximate surface area is 121 Å². The molecule has 1 fully saturated rings. The first kappa shape index (κ1) is 14.8. The summed E-state index contributed by atoms with van der Waals surface area (Å²) in [6, 6.07) is 4.31. The smallest absolute Gasteiger partial charge is 0.293 e. The number of hydrogen-bond acceptors (Lipinski definition) is 5. The minimum Gasteiger partial charge on any atom is -0.382 e. The lowest BCUT2D eigenvalue weighted by Crippen LogP contribution is -2.37. The topological polar surface area (TPSA) is 105 Å².